The van der Waals surface area contributed by atoms with Crippen LogP contribution in [0.25, 0.3) is 5.65 Å². The lowest BCUT2D eigenvalue weighted by molar-refractivity contribution is 0.0909. The number of benzene rings is 2. The van der Waals surface area contributed by atoms with Crippen molar-refractivity contribution in [3.8, 4) is 5.75 Å². The average molecular weight is 454 g/mol. The lowest BCUT2D eigenvalue weighted by atomic mass is 10.1. The Morgan fingerprint density at radius 2 is 1.97 bits per heavy atom. The lowest BCUT2D eigenvalue weighted by Gasteiger charge is -2.17. The number of rotatable bonds is 7. The Kier molecular flexibility index (Phi) is 6.39. The lowest BCUT2D eigenvalue weighted by Crippen LogP contribution is -2.32. The summed E-state index contributed by atoms with van der Waals surface area (Å²) in [7, 11) is 0. The molecular weight excluding hydrogens is 433 g/mol. The third-order valence-corrected chi connectivity index (χ3v) is 5.48. The van der Waals surface area contributed by atoms with E-state index < -0.39 is 11.9 Å². The molecule has 0 aliphatic heterocycles. The molecule has 4 aromatic rings. The maximum Gasteiger partial charge on any atom is 0.270 e. The van der Waals surface area contributed by atoms with Crippen molar-refractivity contribution in [1.82, 2.24) is 14.7 Å². The molecule has 0 aliphatic rings. The molecule has 2 N–H and O–H groups in total. The second-order valence-corrected chi connectivity index (χ2v) is 7.63. The molecule has 0 saturated heterocycles. The van der Waals surface area contributed by atoms with Gasteiger partial charge >= 0.3 is 0 Å². The maximum atomic E-state index is 14.1. The molecule has 4 rings (SSSR count). The number of hydrogen-bond acceptors (Lipinski definition) is 4. The van der Waals surface area contributed by atoms with Gasteiger partial charge in [0.25, 0.3) is 5.91 Å². The summed E-state index contributed by atoms with van der Waals surface area (Å²) in [6, 6.07) is 16.5. The fourth-order valence-corrected chi connectivity index (χ4v) is 3.73. The van der Waals surface area contributed by atoms with Crippen LogP contribution in [0.4, 0.5) is 4.39 Å². The molecule has 2 heterocycles. The Hall–Kier alpha value is -3.42. The van der Waals surface area contributed by atoms with Crippen LogP contribution in [-0.4, -0.2) is 27.0 Å². The zero-order chi connectivity index (χ0) is 22.7. The van der Waals surface area contributed by atoms with Gasteiger partial charge in [-0.05, 0) is 36.8 Å². The van der Waals surface area contributed by atoms with Crippen LogP contribution in [0.3, 0.4) is 0 Å². The molecule has 1 amide bonds. The van der Waals surface area contributed by atoms with Crippen LogP contribution in [0.5, 0.6) is 5.75 Å². The van der Waals surface area contributed by atoms with Crippen LogP contribution in [0.1, 0.15) is 33.4 Å². The summed E-state index contributed by atoms with van der Waals surface area (Å²) in [5, 5.41) is 12.9. The van der Waals surface area contributed by atoms with Gasteiger partial charge in [0.1, 0.15) is 18.1 Å². The number of pyridine rings is 1. The molecule has 0 aliphatic carbocycles. The second-order valence-electron chi connectivity index (χ2n) is 7.22. The van der Waals surface area contributed by atoms with Gasteiger partial charge < -0.3 is 15.2 Å². The summed E-state index contributed by atoms with van der Waals surface area (Å²) in [5.41, 5.74) is 2.27. The number of aryl methyl sites for hydroxylation is 1. The summed E-state index contributed by atoms with van der Waals surface area (Å²) >= 11 is 6.08. The van der Waals surface area contributed by atoms with E-state index in [1.807, 2.05) is 30.3 Å². The third kappa shape index (κ3) is 4.30. The van der Waals surface area contributed by atoms with Crippen LogP contribution in [0.15, 0.2) is 66.9 Å². The zero-order valence-electron chi connectivity index (χ0n) is 17.3. The van der Waals surface area contributed by atoms with Gasteiger partial charge in [0, 0.05) is 11.8 Å². The molecule has 32 heavy (non-hydrogen) atoms. The summed E-state index contributed by atoms with van der Waals surface area (Å²) in [6.07, 6.45) is 1.70. The van der Waals surface area contributed by atoms with Crippen LogP contribution in [-0.2, 0) is 6.61 Å². The topological polar surface area (TPSA) is 75.9 Å². The van der Waals surface area contributed by atoms with Crippen molar-refractivity contribution < 1.29 is 19.0 Å². The number of hydrogen-bond donors (Lipinski definition) is 2. The number of imidazole rings is 1. The zero-order valence-corrected chi connectivity index (χ0v) is 18.0. The highest BCUT2D eigenvalue weighted by Crippen LogP contribution is 2.26. The first-order valence-corrected chi connectivity index (χ1v) is 10.4. The van der Waals surface area contributed by atoms with E-state index in [9.17, 15) is 14.3 Å². The predicted octanol–water partition coefficient (Wildman–Crippen LogP) is 4.48. The van der Waals surface area contributed by atoms with Gasteiger partial charge in [-0.1, -0.05) is 48.0 Å². The number of ether oxygens (including phenoxy) is 1. The Morgan fingerprint density at radius 1 is 1.19 bits per heavy atom. The van der Waals surface area contributed by atoms with Gasteiger partial charge in [0.2, 0.25) is 0 Å². The van der Waals surface area contributed by atoms with Gasteiger partial charge in [-0.3, -0.25) is 9.20 Å². The largest absolute Gasteiger partial charge is 0.485 e. The average Bonchev–Trinajstić information content (AvgIpc) is 3.14. The van der Waals surface area contributed by atoms with Crippen molar-refractivity contribution in [2.45, 2.75) is 19.6 Å². The number of aliphatic hydroxyl groups is 1. The van der Waals surface area contributed by atoms with E-state index in [2.05, 4.69) is 10.3 Å². The number of aliphatic hydroxyl groups excluding tert-OH is 1. The smallest absolute Gasteiger partial charge is 0.270 e. The quantitative estimate of drug-likeness (QED) is 0.432. The summed E-state index contributed by atoms with van der Waals surface area (Å²) in [5.74, 6) is -0.456. The van der Waals surface area contributed by atoms with Crippen LogP contribution in [0.2, 0.25) is 5.02 Å². The van der Waals surface area contributed by atoms with E-state index in [0.29, 0.717) is 22.8 Å². The summed E-state index contributed by atoms with van der Waals surface area (Å²) in [4.78, 5) is 17.6. The van der Waals surface area contributed by atoms with Crippen molar-refractivity contribution >= 4 is 23.2 Å². The highest BCUT2D eigenvalue weighted by atomic mass is 35.5. The van der Waals surface area contributed by atoms with Crippen LogP contribution < -0.4 is 10.1 Å². The first-order valence-electron chi connectivity index (χ1n) is 9.99. The minimum absolute atomic E-state index is 0.0841. The standard InChI is InChI=1S/C24H21ClFN3O3/c1-15-22(24(31)28-20(13-30)16-7-3-2-4-8-16)29-12-6-11-21(23(29)27-15)32-14-17-18(25)9-5-10-19(17)26/h2-12,20,30H,13-14H2,1H3,(H,28,31)/t20-/m0/s1. The van der Waals surface area contributed by atoms with E-state index in [1.54, 1.807) is 35.7 Å². The number of amides is 1. The highest BCUT2D eigenvalue weighted by molar-refractivity contribution is 6.31. The fraction of sp³-hybridized carbons (Fsp3) is 0.167. The molecule has 0 unspecified atom stereocenters. The van der Waals surface area contributed by atoms with Gasteiger partial charge in [0.15, 0.2) is 11.4 Å². The van der Waals surface area contributed by atoms with E-state index in [4.69, 9.17) is 16.3 Å². The van der Waals surface area contributed by atoms with E-state index in [0.717, 1.165) is 5.56 Å². The van der Waals surface area contributed by atoms with E-state index in [-0.39, 0.29) is 29.7 Å². The van der Waals surface area contributed by atoms with Crippen molar-refractivity contribution in [2.75, 3.05) is 6.61 Å². The second kappa shape index (κ2) is 9.38. The Bertz CT molecular complexity index is 1240. The van der Waals surface area contributed by atoms with Crippen molar-refractivity contribution in [3.63, 3.8) is 0 Å². The molecule has 0 fully saturated rings. The Labute approximate surface area is 189 Å². The molecule has 164 valence electrons. The van der Waals surface area contributed by atoms with Crippen LogP contribution >= 0.6 is 11.6 Å². The molecule has 2 aromatic heterocycles. The molecule has 1 atom stereocenters. The monoisotopic (exact) mass is 453 g/mol. The normalized spacial score (nSPS) is 12.0. The Morgan fingerprint density at radius 3 is 2.69 bits per heavy atom. The fourth-order valence-electron chi connectivity index (χ4n) is 3.51. The number of carbonyl (C=O) groups is 1. The SMILES string of the molecule is Cc1nc2c(OCc3c(F)cccc3Cl)cccn2c1C(=O)N[C@@H](CO)c1ccccc1. The summed E-state index contributed by atoms with van der Waals surface area (Å²) in [6.45, 7) is 1.39. The van der Waals surface area contributed by atoms with Gasteiger partial charge in [-0.25, -0.2) is 9.37 Å². The van der Waals surface area contributed by atoms with Crippen LogP contribution in [0, 0.1) is 12.7 Å². The molecule has 6 nitrogen and oxygen atoms in total. The van der Waals surface area contributed by atoms with E-state index in [1.165, 1.54) is 12.1 Å². The number of halogens is 2. The van der Waals surface area contributed by atoms with Gasteiger partial charge in [-0.15, -0.1) is 0 Å². The predicted molar refractivity (Wildman–Crippen MR) is 119 cm³/mol. The molecule has 0 bridgehead atoms. The van der Waals surface area contributed by atoms with Crippen molar-refractivity contribution in [2.24, 2.45) is 0 Å². The first kappa shape index (κ1) is 21.8. The number of carbonyl (C=O) groups excluding carboxylic acids is 1. The van der Waals surface area contributed by atoms with Crippen molar-refractivity contribution in [3.05, 3.63) is 100 Å². The molecule has 0 radical (unpaired) electrons. The number of aromatic nitrogens is 2. The molecule has 2 aromatic carbocycles. The Balaban J connectivity index is 1.61. The molecule has 0 spiro atoms. The van der Waals surface area contributed by atoms with Gasteiger partial charge in [-0.2, -0.15) is 0 Å². The number of nitrogens with zero attached hydrogens (tertiary/aromatic N) is 2. The molecule has 8 heteroatoms. The third-order valence-electron chi connectivity index (χ3n) is 5.13. The maximum absolute atomic E-state index is 14.1. The minimum atomic E-state index is -0.559. The summed E-state index contributed by atoms with van der Waals surface area (Å²) < 4.78 is 21.5. The van der Waals surface area contributed by atoms with E-state index >= 15 is 0 Å². The highest BCUT2D eigenvalue weighted by Gasteiger charge is 2.22. The molecule has 0 saturated carbocycles. The minimum Gasteiger partial charge on any atom is -0.485 e. The number of nitrogens with one attached hydrogen (secondary N) is 1. The molecular formula is C24H21ClFN3O3. The van der Waals surface area contributed by atoms with Crippen molar-refractivity contribution in [1.29, 1.82) is 0 Å². The number of fused-ring (bicyclic) bond motifs is 1. The van der Waals surface area contributed by atoms with Gasteiger partial charge in [0.05, 0.1) is 23.4 Å². The first-order chi connectivity index (χ1) is 15.5.